The Morgan fingerprint density at radius 3 is 2.30 bits per heavy atom. The van der Waals surface area contributed by atoms with Crippen LogP contribution in [-0.4, -0.2) is 42.4 Å². The lowest BCUT2D eigenvalue weighted by Crippen LogP contribution is -2.41. The van der Waals surface area contributed by atoms with Gasteiger partial charge in [0.2, 0.25) is 5.91 Å². The van der Waals surface area contributed by atoms with Crippen LogP contribution in [0.3, 0.4) is 0 Å². The Hall–Kier alpha value is -1.51. The minimum Gasteiger partial charge on any atom is -0.342 e. The largest absolute Gasteiger partial charge is 0.503 e. The molecule has 9 heteroatoms. The van der Waals surface area contributed by atoms with Gasteiger partial charge < -0.3 is 9.47 Å². The maximum Gasteiger partial charge on any atom is 0.503 e. The number of halogens is 3. The van der Waals surface area contributed by atoms with Gasteiger partial charge in [0.25, 0.3) is 9.84 Å². The van der Waals surface area contributed by atoms with E-state index < -0.39 is 20.4 Å². The molecule has 0 unspecified atom stereocenters. The van der Waals surface area contributed by atoms with Crippen molar-refractivity contribution in [2.24, 2.45) is 5.92 Å². The molecule has 1 fully saturated rings. The topological polar surface area (TPSA) is 59.4 Å². The molecule has 1 aromatic rings. The second-order valence-corrected chi connectivity index (χ2v) is 7.80. The zero-order chi connectivity index (χ0) is 17.4. The van der Waals surface area contributed by atoms with Gasteiger partial charge in [0.1, 0.15) is 5.03 Å². The molecule has 0 spiro atoms. The molecule has 0 radical (unpaired) electrons. The quantitative estimate of drug-likeness (QED) is 0.840. The molecule has 0 atom stereocenters. The zero-order valence-corrected chi connectivity index (χ0v) is 13.7. The van der Waals surface area contributed by atoms with Gasteiger partial charge in [0, 0.05) is 31.2 Å². The van der Waals surface area contributed by atoms with E-state index in [1.165, 1.54) is 16.8 Å². The fraction of sp³-hybridized carbons (Fsp3) is 0.643. The third kappa shape index (κ3) is 3.39. The summed E-state index contributed by atoms with van der Waals surface area (Å²) in [5.74, 6) is -0.140. The highest BCUT2D eigenvalue weighted by atomic mass is 32.2. The van der Waals surface area contributed by atoms with Gasteiger partial charge in [-0.05, 0) is 25.0 Å². The van der Waals surface area contributed by atoms with E-state index in [0.29, 0.717) is 25.9 Å². The molecule has 0 N–H and O–H groups in total. The molecule has 2 heterocycles. The van der Waals surface area contributed by atoms with Gasteiger partial charge in [-0.2, -0.15) is 13.2 Å². The number of nitrogens with zero attached hydrogens (tertiary/aromatic N) is 2. The number of aromatic nitrogens is 1. The summed E-state index contributed by atoms with van der Waals surface area (Å²) >= 11 is 0. The number of alkyl halides is 3. The minimum atomic E-state index is -5.37. The van der Waals surface area contributed by atoms with E-state index in [2.05, 4.69) is 0 Å². The van der Waals surface area contributed by atoms with E-state index in [1.54, 1.807) is 18.7 Å². The van der Waals surface area contributed by atoms with Crippen LogP contribution in [0.2, 0.25) is 0 Å². The predicted molar refractivity (Wildman–Crippen MR) is 77.4 cm³/mol. The molecular formula is C14H19F3N2O3S. The SMILES string of the molecule is CC(C)C(=O)N1CCC(n2cccc2S(=O)(=O)C(F)(F)F)CC1. The number of amides is 1. The lowest BCUT2D eigenvalue weighted by molar-refractivity contribution is -0.135. The smallest absolute Gasteiger partial charge is 0.342 e. The molecular weight excluding hydrogens is 333 g/mol. The van der Waals surface area contributed by atoms with Crippen molar-refractivity contribution in [2.45, 2.75) is 43.3 Å². The van der Waals surface area contributed by atoms with Gasteiger partial charge in [0.15, 0.2) is 0 Å². The van der Waals surface area contributed by atoms with Gasteiger partial charge in [-0.1, -0.05) is 13.8 Å². The van der Waals surface area contributed by atoms with E-state index in [4.69, 9.17) is 0 Å². The number of carbonyl (C=O) groups excluding carboxylic acids is 1. The van der Waals surface area contributed by atoms with Crippen molar-refractivity contribution < 1.29 is 26.4 Å². The molecule has 130 valence electrons. The first-order chi connectivity index (χ1) is 10.6. The Bertz CT molecular complexity index is 672. The highest BCUT2D eigenvalue weighted by molar-refractivity contribution is 7.92. The summed E-state index contributed by atoms with van der Waals surface area (Å²) in [6.07, 6.45) is 2.20. The van der Waals surface area contributed by atoms with E-state index in [0.717, 1.165) is 6.07 Å². The van der Waals surface area contributed by atoms with Crippen LogP contribution >= 0.6 is 0 Å². The van der Waals surface area contributed by atoms with Crippen LogP contribution < -0.4 is 0 Å². The van der Waals surface area contributed by atoms with Crippen molar-refractivity contribution in [3.63, 3.8) is 0 Å². The van der Waals surface area contributed by atoms with Crippen LogP contribution in [0.1, 0.15) is 32.7 Å². The van der Waals surface area contributed by atoms with Crippen LogP contribution in [-0.2, 0) is 14.6 Å². The van der Waals surface area contributed by atoms with Gasteiger partial charge in [0.05, 0.1) is 0 Å². The fourth-order valence-corrected chi connectivity index (χ4v) is 3.74. The molecule has 2 rings (SSSR count). The predicted octanol–water partition coefficient (Wildman–Crippen LogP) is 2.60. The van der Waals surface area contributed by atoms with E-state index in [1.807, 2.05) is 0 Å². The number of carbonyl (C=O) groups is 1. The van der Waals surface area contributed by atoms with E-state index in [-0.39, 0.29) is 17.9 Å². The van der Waals surface area contributed by atoms with E-state index >= 15 is 0 Å². The highest BCUT2D eigenvalue weighted by Crippen LogP contribution is 2.34. The Morgan fingerprint density at radius 1 is 1.26 bits per heavy atom. The summed E-state index contributed by atoms with van der Waals surface area (Å²) in [5, 5.41) is -0.737. The van der Waals surface area contributed by atoms with Crippen molar-refractivity contribution in [3.8, 4) is 0 Å². The van der Waals surface area contributed by atoms with Crippen LogP contribution in [0.25, 0.3) is 0 Å². The average Bonchev–Trinajstić information content (AvgIpc) is 2.95. The number of hydrogen-bond donors (Lipinski definition) is 0. The number of sulfone groups is 1. The van der Waals surface area contributed by atoms with Gasteiger partial charge in [-0.3, -0.25) is 4.79 Å². The lowest BCUT2D eigenvalue weighted by Gasteiger charge is -2.34. The standard InChI is InChI=1S/C14H19F3N2O3S/c1-10(2)13(20)18-8-5-11(6-9-18)19-7-3-4-12(19)23(21,22)14(15,16)17/h3-4,7,10-11H,5-6,8-9H2,1-2H3. The van der Waals surface area contributed by atoms with Crippen molar-refractivity contribution in [3.05, 3.63) is 18.3 Å². The molecule has 0 aromatic carbocycles. The Morgan fingerprint density at radius 2 is 1.83 bits per heavy atom. The third-order valence-electron chi connectivity index (χ3n) is 3.98. The zero-order valence-electron chi connectivity index (χ0n) is 12.9. The summed E-state index contributed by atoms with van der Waals surface area (Å²) in [5.41, 5.74) is -5.32. The monoisotopic (exact) mass is 352 g/mol. The van der Waals surface area contributed by atoms with Crippen molar-refractivity contribution >= 4 is 15.7 Å². The molecule has 0 aliphatic carbocycles. The van der Waals surface area contributed by atoms with Gasteiger partial charge in [-0.25, -0.2) is 8.42 Å². The van der Waals surface area contributed by atoms with Crippen molar-refractivity contribution in [1.82, 2.24) is 9.47 Å². The maximum absolute atomic E-state index is 12.7. The molecule has 0 saturated carbocycles. The molecule has 1 aliphatic rings. The normalized spacial score (nSPS) is 17.7. The summed E-state index contributed by atoms with van der Waals surface area (Å²) in [4.78, 5) is 13.6. The second-order valence-electron chi connectivity index (χ2n) is 5.91. The van der Waals surface area contributed by atoms with Gasteiger partial charge >= 0.3 is 5.51 Å². The first-order valence-electron chi connectivity index (χ1n) is 7.32. The fourth-order valence-electron chi connectivity index (χ4n) is 2.76. The van der Waals surface area contributed by atoms with E-state index in [9.17, 15) is 26.4 Å². The number of hydrogen-bond acceptors (Lipinski definition) is 3. The summed E-state index contributed by atoms with van der Waals surface area (Å²) in [6.45, 7) is 4.39. The first kappa shape index (κ1) is 17.8. The number of piperidine rings is 1. The Kier molecular flexibility index (Phi) is 4.79. The summed E-state index contributed by atoms with van der Waals surface area (Å²) in [7, 11) is -5.37. The van der Waals surface area contributed by atoms with Crippen molar-refractivity contribution in [2.75, 3.05) is 13.1 Å². The third-order valence-corrected chi connectivity index (χ3v) is 5.49. The molecule has 5 nitrogen and oxygen atoms in total. The van der Waals surface area contributed by atoms with Crippen LogP contribution in [0.4, 0.5) is 13.2 Å². The van der Waals surface area contributed by atoms with Crippen molar-refractivity contribution in [1.29, 1.82) is 0 Å². The maximum atomic E-state index is 12.7. The van der Waals surface area contributed by atoms with Crippen LogP contribution in [0.5, 0.6) is 0 Å². The second kappa shape index (κ2) is 6.18. The Labute approximate surface area is 133 Å². The molecule has 1 aromatic heterocycles. The van der Waals surface area contributed by atoms with Crippen LogP contribution in [0.15, 0.2) is 23.4 Å². The molecule has 1 saturated heterocycles. The lowest BCUT2D eigenvalue weighted by atomic mass is 10.0. The number of rotatable bonds is 3. The number of likely N-dealkylation sites (tertiary alicyclic amines) is 1. The molecule has 23 heavy (non-hydrogen) atoms. The Balaban J connectivity index is 2.18. The summed E-state index contributed by atoms with van der Waals surface area (Å²) < 4.78 is 62.7. The average molecular weight is 352 g/mol. The van der Waals surface area contributed by atoms with Gasteiger partial charge in [-0.15, -0.1) is 0 Å². The van der Waals surface area contributed by atoms with Crippen LogP contribution in [0, 0.1) is 5.92 Å². The summed E-state index contributed by atoms with van der Waals surface area (Å²) in [6, 6.07) is 1.90. The molecule has 1 amide bonds. The molecule has 1 aliphatic heterocycles. The molecule has 0 bridgehead atoms. The highest BCUT2D eigenvalue weighted by Gasteiger charge is 2.48. The minimum absolute atomic E-state index is 0.000840. The first-order valence-corrected chi connectivity index (χ1v) is 8.81.